The summed E-state index contributed by atoms with van der Waals surface area (Å²) in [7, 11) is 4.57. The van der Waals surface area contributed by atoms with Gasteiger partial charge in [-0.3, -0.25) is 4.79 Å². The molecule has 1 fully saturated rings. The first-order valence-corrected chi connectivity index (χ1v) is 10.3. The number of likely N-dealkylation sites (tertiary alicyclic amines) is 1. The van der Waals surface area contributed by atoms with E-state index in [0.717, 1.165) is 16.3 Å². The zero-order valence-electron chi connectivity index (χ0n) is 18.2. The molecule has 7 heteroatoms. The molecular formula is C25H25NO6. The van der Waals surface area contributed by atoms with E-state index in [1.807, 2.05) is 42.5 Å². The van der Waals surface area contributed by atoms with Crippen molar-refractivity contribution in [2.75, 3.05) is 21.3 Å². The SMILES string of the molecule is COc1cc(C(c2cccc3ccccc23)N2C(=O)CC[C@@H]2C(=O)O)cc(OC)c1OC. The lowest BCUT2D eigenvalue weighted by Gasteiger charge is -2.33. The Balaban J connectivity index is 2.01. The van der Waals surface area contributed by atoms with Gasteiger partial charge in [0.05, 0.1) is 27.4 Å². The van der Waals surface area contributed by atoms with Crippen LogP contribution >= 0.6 is 0 Å². The van der Waals surface area contributed by atoms with Gasteiger partial charge in [0.25, 0.3) is 0 Å². The molecule has 32 heavy (non-hydrogen) atoms. The Morgan fingerprint density at radius 3 is 2.28 bits per heavy atom. The van der Waals surface area contributed by atoms with Crippen molar-refractivity contribution in [2.45, 2.75) is 24.9 Å². The molecule has 1 heterocycles. The molecule has 0 aromatic heterocycles. The highest BCUT2D eigenvalue weighted by molar-refractivity contribution is 5.91. The lowest BCUT2D eigenvalue weighted by Crippen LogP contribution is -2.41. The van der Waals surface area contributed by atoms with Gasteiger partial charge >= 0.3 is 5.97 Å². The highest BCUT2D eigenvalue weighted by atomic mass is 16.5. The number of aliphatic carboxylic acids is 1. The molecule has 0 saturated carbocycles. The Labute approximate surface area is 186 Å². The van der Waals surface area contributed by atoms with Gasteiger partial charge in [0.2, 0.25) is 11.7 Å². The maximum Gasteiger partial charge on any atom is 0.326 e. The summed E-state index contributed by atoms with van der Waals surface area (Å²) in [5.41, 5.74) is 1.51. The highest BCUT2D eigenvalue weighted by Crippen LogP contribution is 2.45. The molecule has 166 valence electrons. The number of carboxylic acid groups (broad SMARTS) is 1. The summed E-state index contributed by atoms with van der Waals surface area (Å²) in [6.45, 7) is 0. The van der Waals surface area contributed by atoms with Gasteiger partial charge in [-0.25, -0.2) is 4.79 Å². The van der Waals surface area contributed by atoms with E-state index in [2.05, 4.69) is 0 Å². The summed E-state index contributed by atoms with van der Waals surface area (Å²) < 4.78 is 16.5. The molecule has 1 N–H and O–H groups in total. The van der Waals surface area contributed by atoms with Crippen LogP contribution in [-0.2, 0) is 9.59 Å². The Morgan fingerprint density at radius 2 is 1.66 bits per heavy atom. The van der Waals surface area contributed by atoms with Crippen molar-refractivity contribution in [3.05, 3.63) is 65.7 Å². The third-order valence-corrected chi connectivity index (χ3v) is 5.94. The molecule has 1 amide bonds. The van der Waals surface area contributed by atoms with Crippen molar-refractivity contribution in [3.8, 4) is 17.2 Å². The summed E-state index contributed by atoms with van der Waals surface area (Å²) in [6, 6.07) is 15.7. The fraction of sp³-hybridized carbons (Fsp3) is 0.280. The number of carboxylic acids is 1. The van der Waals surface area contributed by atoms with Crippen molar-refractivity contribution in [3.63, 3.8) is 0 Å². The van der Waals surface area contributed by atoms with Gasteiger partial charge in [0.15, 0.2) is 11.5 Å². The number of fused-ring (bicyclic) bond motifs is 1. The zero-order valence-corrected chi connectivity index (χ0v) is 18.2. The van der Waals surface area contributed by atoms with Crippen molar-refractivity contribution >= 4 is 22.6 Å². The lowest BCUT2D eigenvalue weighted by molar-refractivity contribution is -0.147. The normalized spacial score (nSPS) is 16.8. The van der Waals surface area contributed by atoms with Gasteiger partial charge in [-0.15, -0.1) is 0 Å². The molecule has 4 rings (SSSR count). The maximum atomic E-state index is 13.0. The number of rotatable bonds is 7. The Bertz CT molecular complexity index is 1140. The first-order valence-electron chi connectivity index (χ1n) is 10.3. The summed E-state index contributed by atoms with van der Waals surface area (Å²) in [4.78, 5) is 26.6. The van der Waals surface area contributed by atoms with Crippen LogP contribution in [0.1, 0.15) is 30.0 Å². The molecule has 1 aliphatic rings. The summed E-state index contributed by atoms with van der Waals surface area (Å²) in [6.07, 6.45) is 0.447. The summed E-state index contributed by atoms with van der Waals surface area (Å²) >= 11 is 0. The Hall–Kier alpha value is -3.74. The zero-order chi connectivity index (χ0) is 22.8. The van der Waals surface area contributed by atoms with Crippen LogP contribution < -0.4 is 14.2 Å². The average Bonchev–Trinajstić information content (AvgIpc) is 3.20. The van der Waals surface area contributed by atoms with Gasteiger partial charge in [0, 0.05) is 6.42 Å². The fourth-order valence-electron chi connectivity index (χ4n) is 4.51. The molecule has 3 aromatic carbocycles. The molecule has 1 saturated heterocycles. The van der Waals surface area contributed by atoms with Crippen LogP contribution in [0, 0.1) is 0 Å². The predicted molar refractivity (Wildman–Crippen MR) is 119 cm³/mol. The summed E-state index contributed by atoms with van der Waals surface area (Å²) in [5, 5.41) is 11.8. The number of amides is 1. The molecule has 3 aromatic rings. The van der Waals surface area contributed by atoms with Crippen LogP contribution in [-0.4, -0.2) is 49.3 Å². The lowest BCUT2D eigenvalue weighted by atomic mass is 9.91. The minimum absolute atomic E-state index is 0.183. The van der Waals surface area contributed by atoms with E-state index in [9.17, 15) is 14.7 Å². The topological polar surface area (TPSA) is 85.3 Å². The molecule has 0 radical (unpaired) electrons. The Kier molecular flexibility index (Phi) is 5.90. The minimum atomic E-state index is -1.02. The van der Waals surface area contributed by atoms with Crippen LogP contribution in [0.3, 0.4) is 0 Å². The van der Waals surface area contributed by atoms with E-state index in [1.54, 1.807) is 12.1 Å². The maximum absolute atomic E-state index is 13.0. The van der Waals surface area contributed by atoms with Crippen LogP contribution in [0.4, 0.5) is 0 Å². The second-order valence-corrected chi connectivity index (χ2v) is 7.62. The standard InChI is InChI=1S/C25H25NO6/c1-30-20-13-16(14-21(31-2)24(20)32-3)23(26-19(25(28)29)11-12-22(26)27)18-10-6-8-15-7-4-5-9-17(15)18/h4-10,13-14,19,23H,11-12H2,1-3H3,(H,28,29)/t19-,23?/m1/s1. The third-order valence-electron chi connectivity index (χ3n) is 5.94. The van der Waals surface area contributed by atoms with Gasteiger partial charge < -0.3 is 24.2 Å². The molecule has 0 aliphatic carbocycles. The first-order chi connectivity index (χ1) is 15.5. The summed E-state index contributed by atoms with van der Waals surface area (Å²) in [5.74, 6) is 0.0757. The number of ether oxygens (including phenoxy) is 3. The predicted octanol–water partition coefficient (Wildman–Crippen LogP) is 4.03. The first kappa shape index (κ1) is 21.5. The van der Waals surface area contributed by atoms with Gasteiger partial charge in [-0.2, -0.15) is 0 Å². The van der Waals surface area contributed by atoms with Crippen LogP contribution in [0.5, 0.6) is 17.2 Å². The molecule has 1 aliphatic heterocycles. The molecule has 0 bridgehead atoms. The van der Waals surface area contributed by atoms with Crippen molar-refractivity contribution in [1.29, 1.82) is 0 Å². The van der Waals surface area contributed by atoms with Crippen molar-refractivity contribution in [1.82, 2.24) is 4.90 Å². The van der Waals surface area contributed by atoms with E-state index in [0.29, 0.717) is 22.8 Å². The van der Waals surface area contributed by atoms with Gasteiger partial charge in [-0.1, -0.05) is 42.5 Å². The molecular weight excluding hydrogens is 410 g/mol. The number of carbonyl (C=O) groups excluding carboxylic acids is 1. The quantitative estimate of drug-likeness (QED) is 0.603. The van der Waals surface area contributed by atoms with E-state index in [-0.39, 0.29) is 18.7 Å². The molecule has 7 nitrogen and oxygen atoms in total. The minimum Gasteiger partial charge on any atom is -0.493 e. The molecule has 0 spiro atoms. The van der Waals surface area contributed by atoms with Crippen LogP contribution in [0.2, 0.25) is 0 Å². The molecule has 2 atom stereocenters. The number of methoxy groups -OCH3 is 3. The van der Waals surface area contributed by atoms with E-state index in [1.165, 1.54) is 26.2 Å². The number of carbonyl (C=O) groups is 2. The second-order valence-electron chi connectivity index (χ2n) is 7.62. The smallest absolute Gasteiger partial charge is 0.326 e. The largest absolute Gasteiger partial charge is 0.493 e. The monoisotopic (exact) mass is 435 g/mol. The number of nitrogens with zero attached hydrogens (tertiary/aromatic N) is 1. The van der Waals surface area contributed by atoms with Gasteiger partial charge in [0.1, 0.15) is 6.04 Å². The number of hydrogen-bond acceptors (Lipinski definition) is 5. The fourth-order valence-corrected chi connectivity index (χ4v) is 4.51. The van der Waals surface area contributed by atoms with Crippen LogP contribution in [0.15, 0.2) is 54.6 Å². The van der Waals surface area contributed by atoms with E-state index >= 15 is 0 Å². The third kappa shape index (κ3) is 3.60. The van der Waals surface area contributed by atoms with Gasteiger partial charge in [-0.05, 0) is 40.5 Å². The van der Waals surface area contributed by atoms with E-state index < -0.39 is 18.1 Å². The number of hydrogen-bond donors (Lipinski definition) is 1. The Morgan fingerprint density at radius 1 is 1.00 bits per heavy atom. The van der Waals surface area contributed by atoms with E-state index in [4.69, 9.17) is 14.2 Å². The molecule has 1 unspecified atom stereocenters. The van der Waals surface area contributed by atoms with Crippen molar-refractivity contribution in [2.24, 2.45) is 0 Å². The highest BCUT2D eigenvalue weighted by Gasteiger charge is 2.42. The number of benzene rings is 3. The van der Waals surface area contributed by atoms with Crippen LogP contribution in [0.25, 0.3) is 10.8 Å². The average molecular weight is 435 g/mol. The van der Waals surface area contributed by atoms with Crippen molar-refractivity contribution < 1.29 is 28.9 Å². The second kappa shape index (κ2) is 8.78.